The average Bonchev–Trinajstić information content (AvgIpc) is 2.79. The third-order valence-electron chi connectivity index (χ3n) is 5.17. The summed E-state index contributed by atoms with van der Waals surface area (Å²) in [6.45, 7) is 5.21. The zero-order valence-electron chi connectivity index (χ0n) is 13.3. The summed E-state index contributed by atoms with van der Waals surface area (Å²) in [5.74, 6) is 2.74. The van der Waals surface area contributed by atoms with Crippen LogP contribution in [0.1, 0.15) is 37.9 Å². The van der Waals surface area contributed by atoms with Gasteiger partial charge in [0.05, 0.1) is 29.0 Å². The van der Waals surface area contributed by atoms with Crippen molar-refractivity contribution in [3.8, 4) is 0 Å². The number of fused-ring (bicyclic) bond motifs is 1. The lowest BCUT2D eigenvalue weighted by Gasteiger charge is -2.22. The molecule has 3 atom stereocenters. The van der Waals surface area contributed by atoms with Gasteiger partial charge in [-0.3, -0.25) is 4.68 Å². The van der Waals surface area contributed by atoms with Gasteiger partial charge in [-0.1, -0.05) is 13.3 Å². The van der Waals surface area contributed by atoms with Crippen molar-refractivity contribution < 1.29 is 0 Å². The molecule has 2 aliphatic carbocycles. The van der Waals surface area contributed by atoms with Crippen LogP contribution in [0.2, 0.25) is 0 Å². The Morgan fingerprint density at radius 3 is 2.76 bits per heavy atom. The monoisotopic (exact) mass is 354 g/mol. The lowest BCUT2D eigenvalue weighted by molar-refractivity contribution is 0.349. The maximum absolute atomic E-state index is 4.60. The van der Waals surface area contributed by atoms with Gasteiger partial charge < -0.3 is 10.2 Å². The maximum Gasteiger partial charge on any atom is 0.0699 e. The average molecular weight is 355 g/mol. The summed E-state index contributed by atoms with van der Waals surface area (Å²) in [6, 6.07) is 0.462. The van der Waals surface area contributed by atoms with Crippen LogP contribution in [-0.2, 0) is 6.54 Å². The highest BCUT2D eigenvalue weighted by Crippen LogP contribution is 2.62. The van der Waals surface area contributed by atoms with Crippen molar-refractivity contribution in [2.75, 3.05) is 27.2 Å². The molecule has 0 amide bonds. The minimum atomic E-state index is 0.462. The molecule has 1 N–H and O–H groups in total. The Balaban J connectivity index is 1.80. The first-order chi connectivity index (χ1) is 10.1. The first-order valence-electron chi connectivity index (χ1n) is 8.22. The molecular weight excluding hydrogens is 328 g/mol. The predicted molar refractivity (Wildman–Crippen MR) is 89.2 cm³/mol. The molecule has 0 saturated heterocycles. The number of halogens is 1. The van der Waals surface area contributed by atoms with Crippen LogP contribution >= 0.6 is 15.9 Å². The van der Waals surface area contributed by atoms with Crippen molar-refractivity contribution in [2.24, 2.45) is 17.8 Å². The largest absolute Gasteiger partial charge is 0.309 e. The number of aromatic nitrogens is 2. The number of nitrogens with zero attached hydrogens (tertiary/aromatic N) is 3. The van der Waals surface area contributed by atoms with Crippen LogP contribution < -0.4 is 5.32 Å². The minimum absolute atomic E-state index is 0.462. The van der Waals surface area contributed by atoms with E-state index in [0.29, 0.717) is 6.04 Å². The Morgan fingerprint density at radius 2 is 2.14 bits per heavy atom. The van der Waals surface area contributed by atoms with Crippen molar-refractivity contribution in [3.63, 3.8) is 0 Å². The van der Waals surface area contributed by atoms with Gasteiger partial charge in [0.1, 0.15) is 0 Å². The van der Waals surface area contributed by atoms with Crippen LogP contribution in [0.25, 0.3) is 0 Å². The number of rotatable bonds is 7. The molecule has 0 aliphatic heterocycles. The van der Waals surface area contributed by atoms with Gasteiger partial charge in [-0.25, -0.2) is 0 Å². The second-order valence-electron chi connectivity index (χ2n) is 6.78. The van der Waals surface area contributed by atoms with Gasteiger partial charge in [-0.15, -0.1) is 0 Å². The fourth-order valence-electron chi connectivity index (χ4n) is 4.16. The molecule has 3 unspecified atom stereocenters. The smallest absolute Gasteiger partial charge is 0.0699 e. The molecule has 0 radical (unpaired) electrons. The molecule has 5 heteroatoms. The number of hydrogen-bond acceptors (Lipinski definition) is 3. The summed E-state index contributed by atoms with van der Waals surface area (Å²) in [6.07, 6.45) is 6.26. The van der Waals surface area contributed by atoms with Crippen molar-refractivity contribution in [1.82, 2.24) is 20.0 Å². The predicted octanol–water partition coefficient (Wildman–Crippen LogP) is 2.90. The van der Waals surface area contributed by atoms with Crippen LogP contribution in [-0.4, -0.2) is 41.9 Å². The zero-order chi connectivity index (χ0) is 15.0. The third-order valence-corrected chi connectivity index (χ3v) is 5.78. The topological polar surface area (TPSA) is 33.1 Å². The Labute approximate surface area is 136 Å². The summed E-state index contributed by atoms with van der Waals surface area (Å²) in [5, 5.41) is 8.34. The number of likely N-dealkylation sites (N-methyl/N-ethyl adjacent to an activating group) is 1. The Hall–Kier alpha value is -0.390. The standard InChI is InChI=1S/C16H27BrN4/c1-4-18-15(14-11-6-5-7-12(11)14)16-13(17)10-19-21(16)9-8-20(2)3/h10-12,14-15,18H,4-9H2,1-3H3. The van der Waals surface area contributed by atoms with Gasteiger partial charge in [0.2, 0.25) is 0 Å². The molecule has 2 fully saturated rings. The molecule has 4 nitrogen and oxygen atoms in total. The number of nitrogens with one attached hydrogen (secondary N) is 1. The van der Waals surface area contributed by atoms with Gasteiger partial charge in [-0.2, -0.15) is 5.10 Å². The van der Waals surface area contributed by atoms with E-state index >= 15 is 0 Å². The van der Waals surface area contributed by atoms with E-state index in [2.05, 4.69) is 56.9 Å². The van der Waals surface area contributed by atoms with E-state index in [4.69, 9.17) is 0 Å². The molecule has 1 heterocycles. The van der Waals surface area contributed by atoms with Crippen LogP contribution in [0.5, 0.6) is 0 Å². The second-order valence-corrected chi connectivity index (χ2v) is 7.63. The zero-order valence-corrected chi connectivity index (χ0v) is 14.9. The molecule has 2 aliphatic rings. The van der Waals surface area contributed by atoms with Gasteiger partial charge >= 0.3 is 0 Å². The minimum Gasteiger partial charge on any atom is -0.309 e. The molecule has 2 saturated carbocycles. The van der Waals surface area contributed by atoms with Gasteiger partial charge in [0, 0.05) is 6.54 Å². The second kappa shape index (κ2) is 6.39. The molecule has 1 aromatic rings. The van der Waals surface area contributed by atoms with E-state index in [1.807, 2.05) is 6.20 Å². The van der Waals surface area contributed by atoms with Crippen molar-refractivity contribution in [2.45, 2.75) is 38.8 Å². The van der Waals surface area contributed by atoms with E-state index in [9.17, 15) is 0 Å². The third kappa shape index (κ3) is 3.06. The first-order valence-corrected chi connectivity index (χ1v) is 9.02. The normalized spacial score (nSPS) is 28.9. The van der Waals surface area contributed by atoms with E-state index in [0.717, 1.165) is 41.9 Å². The van der Waals surface area contributed by atoms with E-state index < -0.39 is 0 Å². The van der Waals surface area contributed by atoms with E-state index in [1.165, 1.54) is 25.0 Å². The maximum atomic E-state index is 4.60. The van der Waals surface area contributed by atoms with Gasteiger partial charge in [0.25, 0.3) is 0 Å². The highest BCUT2D eigenvalue weighted by molar-refractivity contribution is 9.10. The lowest BCUT2D eigenvalue weighted by atomic mass is 10.0. The lowest BCUT2D eigenvalue weighted by Crippen LogP contribution is -2.29. The Bertz CT molecular complexity index is 475. The summed E-state index contributed by atoms with van der Waals surface area (Å²) >= 11 is 3.73. The Kier molecular flexibility index (Phi) is 4.71. The fraction of sp³-hybridized carbons (Fsp3) is 0.812. The summed E-state index contributed by atoms with van der Waals surface area (Å²) in [4.78, 5) is 2.22. The van der Waals surface area contributed by atoms with Gasteiger partial charge in [0.15, 0.2) is 0 Å². The summed E-state index contributed by atoms with van der Waals surface area (Å²) < 4.78 is 3.36. The molecule has 0 spiro atoms. The summed E-state index contributed by atoms with van der Waals surface area (Å²) in [5.41, 5.74) is 1.36. The number of hydrogen-bond donors (Lipinski definition) is 1. The molecule has 118 valence electrons. The molecule has 0 aromatic carbocycles. The molecule has 3 rings (SSSR count). The highest BCUT2D eigenvalue weighted by Gasteiger charge is 2.56. The summed E-state index contributed by atoms with van der Waals surface area (Å²) in [7, 11) is 4.23. The van der Waals surface area contributed by atoms with E-state index in [1.54, 1.807) is 0 Å². The van der Waals surface area contributed by atoms with Crippen molar-refractivity contribution >= 4 is 15.9 Å². The van der Waals surface area contributed by atoms with E-state index in [-0.39, 0.29) is 0 Å². The Morgan fingerprint density at radius 1 is 1.43 bits per heavy atom. The fourth-order valence-corrected chi connectivity index (χ4v) is 4.70. The highest BCUT2D eigenvalue weighted by atomic mass is 79.9. The SMILES string of the molecule is CCNC(c1c(Br)cnn1CCN(C)C)C1C2CCCC21. The van der Waals surface area contributed by atoms with Crippen molar-refractivity contribution in [3.05, 3.63) is 16.4 Å². The van der Waals surface area contributed by atoms with Crippen LogP contribution in [0.3, 0.4) is 0 Å². The van der Waals surface area contributed by atoms with Crippen LogP contribution in [0, 0.1) is 17.8 Å². The first kappa shape index (κ1) is 15.5. The van der Waals surface area contributed by atoms with Crippen LogP contribution in [0.4, 0.5) is 0 Å². The molecule has 0 bridgehead atoms. The van der Waals surface area contributed by atoms with Crippen LogP contribution in [0.15, 0.2) is 10.7 Å². The molecule has 21 heavy (non-hydrogen) atoms. The van der Waals surface area contributed by atoms with Crippen molar-refractivity contribution in [1.29, 1.82) is 0 Å². The van der Waals surface area contributed by atoms with Gasteiger partial charge in [-0.05, 0) is 67.2 Å². The molecule has 1 aromatic heterocycles. The molecular formula is C16H27BrN4. The quantitative estimate of drug-likeness (QED) is 0.817.